The van der Waals surface area contributed by atoms with Gasteiger partial charge in [0.1, 0.15) is 5.76 Å². The molecular formula is C19H24ClN3O3. The van der Waals surface area contributed by atoms with E-state index in [9.17, 15) is 9.90 Å². The second kappa shape index (κ2) is 9.07. The summed E-state index contributed by atoms with van der Waals surface area (Å²) in [5.41, 5.74) is 1.01. The molecule has 3 rings (SSSR count). The third-order valence-electron chi connectivity index (χ3n) is 4.65. The van der Waals surface area contributed by atoms with E-state index in [1.54, 1.807) is 6.26 Å². The second-order valence-electron chi connectivity index (χ2n) is 6.45. The largest absolute Gasteiger partial charge is 0.468 e. The van der Waals surface area contributed by atoms with Crippen molar-refractivity contribution in [3.63, 3.8) is 0 Å². The minimum atomic E-state index is -0.0828. The molecule has 140 valence electrons. The molecule has 7 heteroatoms. The molecule has 2 heterocycles. The van der Waals surface area contributed by atoms with Gasteiger partial charge in [-0.25, -0.2) is 4.79 Å². The minimum Gasteiger partial charge on any atom is -0.468 e. The van der Waals surface area contributed by atoms with Crippen LogP contribution in [0.3, 0.4) is 0 Å². The third kappa shape index (κ3) is 5.00. The van der Waals surface area contributed by atoms with Gasteiger partial charge in [-0.1, -0.05) is 23.7 Å². The Balaban J connectivity index is 1.53. The number of rotatable bonds is 6. The molecule has 1 unspecified atom stereocenters. The number of hydrogen-bond donors (Lipinski definition) is 2. The number of halogens is 1. The Morgan fingerprint density at radius 1 is 1.27 bits per heavy atom. The van der Waals surface area contributed by atoms with Crippen molar-refractivity contribution in [3.05, 3.63) is 59.0 Å². The van der Waals surface area contributed by atoms with Crippen molar-refractivity contribution in [3.8, 4) is 0 Å². The highest BCUT2D eigenvalue weighted by Crippen LogP contribution is 2.17. The monoisotopic (exact) mass is 377 g/mol. The van der Waals surface area contributed by atoms with Gasteiger partial charge in [-0.05, 0) is 36.2 Å². The summed E-state index contributed by atoms with van der Waals surface area (Å²) in [6.45, 7) is 3.24. The number of aliphatic hydroxyl groups is 1. The highest BCUT2D eigenvalue weighted by atomic mass is 35.5. The zero-order valence-corrected chi connectivity index (χ0v) is 15.4. The minimum absolute atomic E-state index is 0.0828. The number of nitrogens with zero attached hydrogens (tertiary/aromatic N) is 2. The van der Waals surface area contributed by atoms with Gasteiger partial charge < -0.3 is 19.7 Å². The van der Waals surface area contributed by atoms with Crippen molar-refractivity contribution in [2.75, 3.05) is 26.2 Å². The number of benzene rings is 1. The van der Waals surface area contributed by atoms with E-state index in [0.717, 1.165) is 17.9 Å². The average Bonchev–Trinajstić information content (AvgIpc) is 3.16. The number of nitrogens with one attached hydrogen (secondary N) is 1. The Labute approximate surface area is 158 Å². The molecule has 0 spiro atoms. The van der Waals surface area contributed by atoms with Crippen LogP contribution >= 0.6 is 11.6 Å². The van der Waals surface area contributed by atoms with Gasteiger partial charge in [-0.3, -0.25) is 4.90 Å². The molecule has 1 saturated heterocycles. The first-order valence-electron chi connectivity index (χ1n) is 8.80. The molecule has 2 amide bonds. The van der Waals surface area contributed by atoms with Gasteiger partial charge in [-0.15, -0.1) is 0 Å². The van der Waals surface area contributed by atoms with Gasteiger partial charge in [-0.2, -0.15) is 0 Å². The molecule has 1 atom stereocenters. The summed E-state index contributed by atoms with van der Waals surface area (Å²) in [6.07, 6.45) is 2.29. The van der Waals surface area contributed by atoms with Crippen LogP contribution in [0.25, 0.3) is 0 Å². The molecule has 0 radical (unpaired) electrons. The van der Waals surface area contributed by atoms with Crippen LogP contribution in [-0.4, -0.2) is 53.2 Å². The number of urea groups is 1. The third-order valence-corrected chi connectivity index (χ3v) is 4.90. The first-order chi connectivity index (χ1) is 12.7. The van der Waals surface area contributed by atoms with E-state index in [1.807, 2.05) is 41.3 Å². The topological polar surface area (TPSA) is 69.0 Å². The summed E-state index contributed by atoms with van der Waals surface area (Å²) in [7, 11) is 0. The van der Waals surface area contributed by atoms with E-state index in [4.69, 9.17) is 16.0 Å². The molecule has 0 saturated carbocycles. The van der Waals surface area contributed by atoms with E-state index >= 15 is 0 Å². The smallest absolute Gasteiger partial charge is 0.317 e. The van der Waals surface area contributed by atoms with Crippen molar-refractivity contribution in [2.24, 2.45) is 0 Å². The van der Waals surface area contributed by atoms with Crippen LogP contribution in [0.15, 0.2) is 47.1 Å². The summed E-state index contributed by atoms with van der Waals surface area (Å²) in [4.78, 5) is 16.6. The zero-order chi connectivity index (χ0) is 18.4. The van der Waals surface area contributed by atoms with Gasteiger partial charge in [0.05, 0.1) is 12.8 Å². The summed E-state index contributed by atoms with van der Waals surface area (Å²) in [6, 6.07) is 11.3. The van der Waals surface area contributed by atoms with Crippen molar-refractivity contribution in [1.82, 2.24) is 15.1 Å². The maximum atomic E-state index is 12.5. The average molecular weight is 378 g/mol. The Hall–Kier alpha value is -2.02. The van der Waals surface area contributed by atoms with Crippen LogP contribution < -0.4 is 5.32 Å². The standard InChI is InChI=1S/C19H24ClN3O3/c20-16-5-3-15(4-6-16)12-21-19(25)23-9-8-22(17(13-23)7-10-24)14-18-2-1-11-26-18/h1-6,11,17,24H,7-10,12-14H2,(H,21,25). The van der Waals surface area contributed by atoms with E-state index in [1.165, 1.54) is 0 Å². The lowest BCUT2D eigenvalue weighted by atomic mass is 10.1. The number of carbonyl (C=O) groups is 1. The van der Waals surface area contributed by atoms with E-state index < -0.39 is 0 Å². The number of carbonyl (C=O) groups excluding carboxylic acids is 1. The molecule has 0 aliphatic carbocycles. The molecule has 1 aliphatic heterocycles. The van der Waals surface area contributed by atoms with Gasteiger partial charge in [0.2, 0.25) is 0 Å². The predicted octanol–water partition coefficient (Wildman–Crippen LogP) is 2.71. The van der Waals surface area contributed by atoms with Crippen molar-refractivity contribution < 1.29 is 14.3 Å². The number of furan rings is 1. The maximum absolute atomic E-state index is 12.5. The Morgan fingerprint density at radius 3 is 2.77 bits per heavy atom. The van der Waals surface area contributed by atoms with Crippen molar-refractivity contribution >= 4 is 17.6 Å². The summed E-state index contributed by atoms with van der Waals surface area (Å²) < 4.78 is 5.43. The molecular weight excluding hydrogens is 354 g/mol. The van der Waals surface area contributed by atoms with E-state index in [0.29, 0.717) is 37.6 Å². The number of amides is 2. The highest BCUT2D eigenvalue weighted by molar-refractivity contribution is 6.30. The maximum Gasteiger partial charge on any atom is 0.317 e. The summed E-state index contributed by atoms with van der Waals surface area (Å²) >= 11 is 5.88. The summed E-state index contributed by atoms with van der Waals surface area (Å²) in [5.74, 6) is 0.897. The van der Waals surface area contributed by atoms with Gasteiger partial charge in [0, 0.05) is 43.9 Å². The predicted molar refractivity (Wildman–Crippen MR) is 99.9 cm³/mol. The fraction of sp³-hybridized carbons (Fsp3) is 0.421. The lowest BCUT2D eigenvalue weighted by Gasteiger charge is -2.41. The molecule has 26 heavy (non-hydrogen) atoms. The normalized spacial score (nSPS) is 18.1. The first-order valence-corrected chi connectivity index (χ1v) is 9.18. The molecule has 1 aliphatic rings. The van der Waals surface area contributed by atoms with Crippen LogP contribution in [0.2, 0.25) is 5.02 Å². The lowest BCUT2D eigenvalue weighted by molar-refractivity contribution is 0.0635. The molecule has 2 N–H and O–H groups in total. The fourth-order valence-corrected chi connectivity index (χ4v) is 3.33. The van der Waals surface area contributed by atoms with Crippen LogP contribution in [0.4, 0.5) is 4.79 Å². The van der Waals surface area contributed by atoms with Crippen molar-refractivity contribution in [1.29, 1.82) is 0 Å². The Morgan fingerprint density at radius 2 is 2.08 bits per heavy atom. The van der Waals surface area contributed by atoms with Crippen LogP contribution in [-0.2, 0) is 13.1 Å². The van der Waals surface area contributed by atoms with Gasteiger partial charge >= 0.3 is 6.03 Å². The summed E-state index contributed by atoms with van der Waals surface area (Å²) in [5, 5.41) is 13.0. The van der Waals surface area contributed by atoms with Crippen molar-refractivity contribution in [2.45, 2.75) is 25.6 Å². The van der Waals surface area contributed by atoms with Gasteiger partial charge in [0.25, 0.3) is 0 Å². The van der Waals surface area contributed by atoms with Crippen LogP contribution in [0.1, 0.15) is 17.7 Å². The number of hydrogen-bond acceptors (Lipinski definition) is 4. The quantitative estimate of drug-likeness (QED) is 0.812. The van der Waals surface area contributed by atoms with E-state index in [2.05, 4.69) is 10.2 Å². The fourth-order valence-electron chi connectivity index (χ4n) is 3.20. The SMILES string of the molecule is O=C(NCc1ccc(Cl)cc1)N1CCN(Cc2ccco2)C(CCO)C1. The molecule has 2 aromatic rings. The first kappa shape index (κ1) is 18.8. The highest BCUT2D eigenvalue weighted by Gasteiger charge is 2.29. The number of aliphatic hydroxyl groups excluding tert-OH is 1. The number of piperazine rings is 1. The molecule has 1 aromatic carbocycles. The second-order valence-corrected chi connectivity index (χ2v) is 6.88. The zero-order valence-electron chi connectivity index (χ0n) is 14.6. The van der Waals surface area contributed by atoms with E-state index in [-0.39, 0.29) is 18.7 Å². The Kier molecular flexibility index (Phi) is 6.55. The molecule has 0 bridgehead atoms. The molecule has 1 aromatic heterocycles. The van der Waals surface area contributed by atoms with Crippen LogP contribution in [0.5, 0.6) is 0 Å². The Bertz CT molecular complexity index is 691. The molecule has 6 nitrogen and oxygen atoms in total. The van der Waals surface area contributed by atoms with Gasteiger partial charge in [0.15, 0.2) is 0 Å². The molecule has 1 fully saturated rings. The van der Waals surface area contributed by atoms with Crippen LogP contribution in [0, 0.1) is 0 Å². The lowest BCUT2D eigenvalue weighted by Crippen LogP contribution is -2.56.